The lowest BCUT2D eigenvalue weighted by Crippen LogP contribution is -2.18. The molecule has 0 aromatic carbocycles. The average Bonchev–Trinajstić information content (AvgIpc) is 3.29. The van der Waals surface area contributed by atoms with Crippen molar-refractivity contribution in [2.45, 2.75) is 151 Å². The van der Waals surface area contributed by atoms with Gasteiger partial charge in [-0.2, -0.15) is 5.10 Å². The number of nitrogens with zero attached hydrogens (tertiary/aromatic N) is 5. The van der Waals surface area contributed by atoms with E-state index in [1.165, 1.54) is 11.1 Å². The van der Waals surface area contributed by atoms with Crippen LogP contribution in [0.4, 0.5) is 0 Å². The van der Waals surface area contributed by atoms with Gasteiger partial charge in [0, 0.05) is 52.8 Å². The van der Waals surface area contributed by atoms with Crippen LogP contribution in [0.1, 0.15) is 152 Å². The van der Waals surface area contributed by atoms with Crippen LogP contribution in [0.5, 0.6) is 0 Å². The van der Waals surface area contributed by atoms with Crippen molar-refractivity contribution in [3.63, 3.8) is 0 Å². The van der Waals surface area contributed by atoms with Crippen molar-refractivity contribution in [2.75, 3.05) is 0 Å². The monoisotopic (exact) mass is 549 g/mol. The van der Waals surface area contributed by atoms with Gasteiger partial charge in [0.25, 0.3) is 0 Å². The molecule has 0 unspecified atom stereocenters. The summed E-state index contributed by atoms with van der Waals surface area (Å²) >= 11 is 0. The summed E-state index contributed by atoms with van der Waals surface area (Å²) in [7, 11) is 0. The van der Waals surface area contributed by atoms with Gasteiger partial charge < -0.3 is 0 Å². The van der Waals surface area contributed by atoms with Crippen LogP contribution in [0.2, 0.25) is 0 Å². The highest BCUT2D eigenvalue weighted by Crippen LogP contribution is 2.25. The quantitative estimate of drug-likeness (QED) is 0.303. The highest BCUT2D eigenvalue weighted by molar-refractivity contribution is 5.24. The molecule has 3 aromatic heterocycles. The molecule has 0 aliphatic carbocycles. The second-order valence-electron chi connectivity index (χ2n) is 16.3. The van der Waals surface area contributed by atoms with Gasteiger partial charge in [0.1, 0.15) is 0 Å². The van der Waals surface area contributed by atoms with Crippen molar-refractivity contribution in [1.29, 1.82) is 0 Å². The summed E-state index contributed by atoms with van der Waals surface area (Å²) in [5.41, 5.74) is 6.59. The first kappa shape index (κ1) is 35.5. The summed E-state index contributed by atoms with van der Waals surface area (Å²) in [4.78, 5) is 13.4. The van der Waals surface area contributed by atoms with E-state index < -0.39 is 0 Å². The fourth-order valence-electron chi connectivity index (χ4n) is 3.39. The second kappa shape index (κ2) is 13.0. The third-order valence-corrected chi connectivity index (χ3v) is 6.58. The molecule has 224 valence electrons. The molecule has 0 aliphatic rings. The molecule has 0 atom stereocenters. The summed E-state index contributed by atoms with van der Waals surface area (Å²) in [6.07, 6.45) is 9.87. The molecule has 5 nitrogen and oxygen atoms in total. The maximum Gasteiger partial charge on any atom is 0.0640 e. The standard InChI is InChI=1S/C13H21N.C12H20N2.C10H18N2/c1-12(2,3)10-7-8-11(14-9-10)13(4,5)6;1-11(2,3)9-7-14-10(8-13-9)12(4,5)6;1-8(2)12-7-9(6-11-12)10(3,4)5/h7-9H,1-6H3;7-8H,1-6H3;6-8H,1-5H3. The van der Waals surface area contributed by atoms with E-state index in [1.54, 1.807) is 0 Å². The van der Waals surface area contributed by atoms with Crippen LogP contribution in [0.25, 0.3) is 0 Å². The fourth-order valence-corrected chi connectivity index (χ4v) is 3.39. The van der Waals surface area contributed by atoms with Crippen LogP contribution in [-0.2, 0) is 27.1 Å². The van der Waals surface area contributed by atoms with Gasteiger partial charge in [-0.15, -0.1) is 0 Å². The van der Waals surface area contributed by atoms with E-state index in [4.69, 9.17) is 0 Å². The van der Waals surface area contributed by atoms with Crippen molar-refractivity contribution >= 4 is 0 Å². The van der Waals surface area contributed by atoms with Gasteiger partial charge in [-0.25, -0.2) is 0 Å². The summed E-state index contributed by atoms with van der Waals surface area (Å²) < 4.78 is 2.00. The average molecular weight is 550 g/mol. The molecule has 0 spiro atoms. The van der Waals surface area contributed by atoms with Gasteiger partial charge in [-0.1, -0.05) is 110 Å². The summed E-state index contributed by atoms with van der Waals surface area (Å²) in [5.74, 6) is 0. The summed E-state index contributed by atoms with van der Waals surface area (Å²) in [6.45, 7) is 37.0. The zero-order valence-electron chi connectivity index (χ0n) is 28.9. The molecular formula is C35H59N5. The summed E-state index contributed by atoms with van der Waals surface area (Å²) in [5, 5.41) is 4.30. The molecule has 40 heavy (non-hydrogen) atoms. The molecule has 5 heteroatoms. The van der Waals surface area contributed by atoms with Crippen LogP contribution in [0.3, 0.4) is 0 Å². The summed E-state index contributed by atoms with van der Waals surface area (Å²) in [6, 6.07) is 4.79. The molecule has 0 bridgehead atoms. The zero-order valence-corrected chi connectivity index (χ0v) is 28.9. The Morgan fingerprint density at radius 1 is 0.475 bits per heavy atom. The number of hydrogen-bond acceptors (Lipinski definition) is 4. The molecule has 0 saturated heterocycles. The van der Waals surface area contributed by atoms with Gasteiger partial charge >= 0.3 is 0 Å². The van der Waals surface area contributed by atoms with Gasteiger partial charge in [-0.3, -0.25) is 19.6 Å². The Balaban J connectivity index is 0.000000301. The molecular weight excluding hydrogens is 490 g/mol. The molecule has 3 rings (SSSR count). The first-order valence-corrected chi connectivity index (χ1v) is 14.7. The predicted molar refractivity (Wildman–Crippen MR) is 172 cm³/mol. The van der Waals surface area contributed by atoms with Gasteiger partial charge in [-0.05, 0) is 41.9 Å². The normalized spacial score (nSPS) is 12.8. The number of rotatable bonds is 1. The van der Waals surface area contributed by atoms with E-state index >= 15 is 0 Å². The largest absolute Gasteiger partial charge is 0.270 e. The van der Waals surface area contributed by atoms with Gasteiger partial charge in [0.2, 0.25) is 0 Å². The molecule has 0 radical (unpaired) electrons. The second-order valence-corrected chi connectivity index (χ2v) is 16.3. The van der Waals surface area contributed by atoms with Crippen LogP contribution in [0.15, 0.2) is 43.1 Å². The molecule has 0 amide bonds. The minimum absolute atomic E-state index is 0.0867. The molecule has 0 aliphatic heterocycles. The van der Waals surface area contributed by atoms with Crippen molar-refractivity contribution in [3.8, 4) is 0 Å². The number of hydrogen-bond donors (Lipinski definition) is 0. The minimum Gasteiger partial charge on any atom is -0.270 e. The Kier molecular flexibility index (Phi) is 11.5. The van der Waals surface area contributed by atoms with E-state index in [9.17, 15) is 0 Å². The maximum absolute atomic E-state index is 4.52. The third kappa shape index (κ3) is 11.5. The molecule has 0 saturated carbocycles. The van der Waals surface area contributed by atoms with Crippen LogP contribution >= 0.6 is 0 Å². The Morgan fingerprint density at radius 3 is 1.10 bits per heavy atom. The Morgan fingerprint density at radius 2 is 0.875 bits per heavy atom. The van der Waals surface area contributed by atoms with Gasteiger partial charge in [0.05, 0.1) is 17.6 Å². The van der Waals surface area contributed by atoms with E-state index in [0.29, 0.717) is 6.04 Å². The minimum atomic E-state index is 0.0867. The first-order chi connectivity index (χ1) is 17.8. The van der Waals surface area contributed by atoms with Gasteiger partial charge in [0.15, 0.2) is 0 Å². The van der Waals surface area contributed by atoms with Crippen LogP contribution < -0.4 is 0 Å². The highest BCUT2D eigenvalue weighted by atomic mass is 15.3. The van der Waals surface area contributed by atoms with Crippen molar-refractivity contribution in [1.82, 2.24) is 24.7 Å². The van der Waals surface area contributed by atoms with Crippen molar-refractivity contribution in [3.05, 3.63) is 71.3 Å². The van der Waals surface area contributed by atoms with Crippen LogP contribution in [-0.4, -0.2) is 24.7 Å². The topological polar surface area (TPSA) is 56.5 Å². The van der Waals surface area contributed by atoms with Crippen molar-refractivity contribution in [2.24, 2.45) is 0 Å². The fraction of sp³-hybridized carbons (Fsp3) is 0.657. The predicted octanol–water partition coefficient (Wildman–Crippen LogP) is 9.51. The van der Waals surface area contributed by atoms with E-state index in [0.717, 1.165) is 17.1 Å². The molecule has 0 N–H and O–H groups in total. The van der Waals surface area contributed by atoms with E-state index in [2.05, 4.69) is 156 Å². The molecule has 3 aromatic rings. The Bertz CT molecular complexity index is 1020. The lowest BCUT2D eigenvalue weighted by Gasteiger charge is -2.22. The molecule has 0 fully saturated rings. The smallest absolute Gasteiger partial charge is 0.0640 e. The third-order valence-electron chi connectivity index (χ3n) is 6.58. The van der Waals surface area contributed by atoms with Crippen molar-refractivity contribution < 1.29 is 0 Å². The molecule has 3 heterocycles. The first-order valence-electron chi connectivity index (χ1n) is 14.7. The van der Waals surface area contributed by atoms with E-state index in [-0.39, 0.29) is 27.1 Å². The Labute approximate surface area is 246 Å². The number of aromatic nitrogens is 5. The SMILES string of the molecule is CC(C)(C)c1ccc(C(C)(C)C)nc1.CC(C)(C)c1cnc(C(C)(C)C)cn1.CC(C)n1cc(C(C)(C)C)cn1. The lowest BCUT2D eigenvalue weighted by atomic mass is 9.86. The number of pyridine rings is 1. The zero-order chi connectivity index (χ0) is 31.3. The Hall–Kier alpha value is -2.56. The maximum atomic E-state index is 4.52. The van der Waals surface area contributed by atoms with E-state index in [1.807, 2.05) is 29.5 Å². The van der Waals surface area contributed by atoms with Crippen LogP contribution in [0, 0.1) is 0 Å². The highest BCUT2D eigenvalue weighted by Gasteiger charge is 2.20. The lowest BCUT2D eigenvalue weighted by molar-refractivity contribution is 0.528.